The Hall–Kier alpha value is -1.89. The van der Waals surface area contributed by atoms with Gasteiger partial charge in [0.2, 0.25) is 5.91 Å². The van der Waals surface area contributed by atoms with Crippen molar-refractivity contribution in [2.75, 3.05) is 5.75 Å². The van der Waals surface area contributed by atoms with E-state index in [0.29, 0.717) is 10.9 Å². The zero-order valence-corrected chi connectivity index (χ0v) is 13.4. The Morgan fingerprint density at radius 3 is 2.57 bits per heavy atom. The normalized spacial score (nSPS) is 11.4. The molecule has 0 bridgehead atoms. The predicted octanol–water partition coefficient (Wildman–Crippen LogP) is 1.88. The van der Waals surface area contributed by atoms with Gasteiger partial charge in [-0.15, -0.1) is 10.2 Å². The summed E-state index contributed by atoms with van der Waals surface area (Å²) in [5.41, 5.74) is 0.728. The summed E-state index contributed by atoms with van der Waals surface area (Å²) in [4.78, 5) is 15.8. The molecule has 0 saturated carbocycles. The van der Waals surface area contributed by atoms with Gasteiger partial charge in [-0.3, -0.25) is 9.78 Å². The number of rotatable bonds is 4. The molecule has 0 unspecified atom stereocenters. The molecule has 2 heterocycles. The largest absolute Gasteiger partial charge is 0.351 e. The maximum Gasteiger partial charge on any atom is 0.230 e. The molecule has 0 aromatic carbocycles. The van der Waals surface area contributed by atoms with E-state index in [9.17, 15) is 4.79 Å². The van der Waals surface area contributed by atoms with E-state index >= 15 is 0 Å². The second-order valence-electron chi connectivity index (χ2n) is 5.69. The standard InChI is InChI=1S/C14H19N5OS/c1-14(2,3)16-11(20)9-21-13-18-17-12(19(13)4)10-5-7-15-8-6-10/h5-8H,9H2,1-4H3,(H,16,20). The number of nitrogens with one attached hydrogen (secondary N) is 1. The fourth-order valence-electron chi connectivity index (χ4n) is 1.78. The molecule has 1 N–H and O–H groups in total. The summed E-state index contributed by atoms with van der Waals surface area (Å²) in [7, 11) is 1.89. The van der Waals surface area contributed by atoms with Crippen LogP contribution in [0.2, 0.25) is 0 Å². The van der Waals surface area contributed by atoms with Crippen LogP contribution in [-0.2, 0) is 11.8 Å². The first-order chi connectivity index (χ1) is 9.87. The van der Waals surface area contributed by atoms with Crippen molar-refractivity contribution in [1.29, 1.82) is 0 Å². The molecule has 2 aromatic rings. The zero-order chi connectivity index (χ0) is 15.5. The number of hydrogen-bond donors (Lipinski definition) is 1. The highest BCUT2D eigenvalue weighted by Gasteiger charge is 2.16. The van der Waals surface area contributed by atoms with E-state index in [0.717, 1.165) is 11.4 Å². The third-order valence-electron chi connectivity index (χ3n) is 2.62. The van der Waals surface area contributed by atoms with Gasteiger partial charge in [0.25, 0.3) is 0 Å². The molecule has 0 spiro atoms. The Morgan fingerprint density at radius 2 is 1.95 bits per heavy atom. The van der Waals surface area contributed by atoms with Crippen LogP contribution in [0.1, 0.15) is 20.8 Å². The van der Waals surface area contributed by atoms with Gasteiger partial charge in [0, 0.05) is 30.5 Å². The van der Waals surface area contributed by atoms with Crippen molar-refractivity contribution in [2.45, 2.75) is 31.5 Å². The van der Waals surface area contributed by atoms with Gasteiger partial charge in [0.1, 0.15) is 0 Å². The molecule has 0 aliphatic heterocycles. The van der Waals surface area contributed by atoms with Crippen LogP contribution in [0.15, 0.2) is 29.7 Å². The summed E-state index contributed by atoms with van der Waals surface area (Å²) < 4.78 is 1.88. The fourth-order valence-corrected chi connectivity index (χ4v) is 2.49. The second-order valence-corrected chi connectivity index (χ2v) is 6.63. The molecule has 0 aliphatic carbocycles. The van der Waals surface area contributed by atoms with E-state index < -0.39 is 0 Å². The maximum atomic E-state index is 11.8. The van der Waals surface area contributed by atoms with Gasteiger partial charge >= 0.3 is 0 Å². The quantitative estimate of drug-likeness (QED) is 0.873. The average molecular weight is 305 g/mol. The third-order valence-corrected chi connectivity index (χ3v) is 3.64. The molecule has 0 aliphatic rings. The van der Waals surface area contributed by atoms with Crippen LogP contribution in [0.5, 0.6) is 0 Å². The van der Waals surface area contributed by atoms with Crippen LogP contribution >= 0.6 is 11.8 Å². The van der Waals surface area contributed by atoms with E-state index in [-0.39, 0.29) is 11.4 Å². The molecule has 0 atom stereocenters. The zero-order valence-electron chi connectivity index (χ0n) is 12.6. The van der Waals surface area contributed by atoms with Crippen LogP contribution in [0.25, 0.3) is 11.4 Å². The van der Waals surface area contributed by atoms with E-state index in [1.807, 2.05) is 44.5 Å². The highest BCUT2D eigenvalue weighted by atomic mass is 32.2. The first-order valence-corrected chi connectivity index (χ1v) is 7.59. The fraction of sp³-hybridized carbons (Fsp3) is 0.429. The Morgan fingerprint density at radius 1 is 1.29 bits per heavy atom. The van der Waals surface area contributed by atoms with Crippen molar-refractivity contribution in [1.82, 2.24) is 25.1 Å². The minimum atomic E-state index is -0.222. The molecule has 2 aromatic heterocycles. The molecular formula is C14H19N5OS. The number of thioether (sulfide) groups is 1. The molecule has 21 heavy (non-hydrogen) atoms. The molecule has 0 radical (unpaired) electrons. The molecule has 6 nitrogen and oxygen atoms in total. The molecule has 0 saturated heterocycles. The van der Waals surface area contributed by atoms with E-state index in [4.69, 9.17) is 0 Å². The van der Waals surface area contributed by atoms with Gasteiger partial charge < -0.3 is 9.88 Å². The smallest absolute Gasteiger partial charge is 0.230 e. The first kappa shape index (κ1) is 15.5. The van der Waals surface area contributed by atoms with Gasteiger partial charge in [-0.05, 0) is 32.9 Å². The molecule has 112 valence electrons. The molecule has 2 rings (SSSR count). The van der Waals surface area contributed by atoms with Crippen molar-refractivity contribution < 1.29 is 4.79 Å². The number of carbonyl (C=O) groups is 1. The average Bonchev–Trinajstić information content (AvgIpc) is 2.77. The number of pyridine rings is 1. The van der Waals surface area contributed by atoms with Crippen molar-refractivity contribution in [3.05, 3.63) is 24.5 Å². The Balaban J connectivity index is 2.03. The van der Waals surface area contributed by atoms with Gasteiger partial charge in [0.05, 0.1) is 5.75 Å². The predicted molar refractivity (Wildman–Crippen MR) is 82.9 cm³/mol. The van der Waals surface area contributed by atoms with E-state index in [1.54, 1.807) is 12.4 Å². The molecule has 7 heteroatoms. The lowest BCUT2D eigenvalue weighted by atomic mass is 10.1. The van der Waals surface area contributed by atoms with Crippen LogP contribution < -0.4 is 5.32 Å². The minimum absolute atomic E-state index is 0.0130. The summed E-state index contributed by atoms with van der Waals surface area (Å²) in [6.07, 6.45) is 3.43. The molecule has 0 fully saturated rings. The van der Waals surface area contributed by atoms with E-state index in [2.05, 4.69) is 20.5 Å². The summed E-state index contributed by atoms with van der Waals surface area (Å²) >= 11 is 1.37. The molecular weight excluding hydrogens is 286 g/mol. The SMILES string of the molecule is Cn1c(SCC(=O)NC(C)(C)C)nnc1-c1ccncc1. The van der Waals surface area contributed by atoms with Crippen LogP contribution in [0.3, 0.4) is 0 Å². The molecule has 1 amide bonds. The number of aromatic nitrogens is 4. The van der Waals surface area contributed by atoms with Crippen molar-refractivity contribution in [3.63, 3.8) is 0 Å². The Labute approximate surface area is 128 Å². The lowest BCUT2D eigenvalue weighted by molar-refractivity contribution is -0.119. The highest BCUT2D eigenvalue weighted by Crippen LogP contribution is 2.21. The number of amides is 1. The van der Waals surface area contributed by atoms with Gasteiger partial charge in [-0.25, -0.2) is 0 Å². The summed E-state index contributed by atoms with van der Waals surface area (Å²) in [6, 6.07) is 3.76. The second kappa shape index (κ2) is 6.26. The lowest BCUT2D eigenvalue weighted by Gasteiger charge is -2.20. The van der Waals surface area contributed by atoms with Crippen LogP contribution in [0.4, 0.5) is 0 Å². The number of nitrogens with zero attached hydrogens (tertiary/aromatic N) is 4. The number of hydrogen-bond acceptors (Lipinski definition) is 5. The Bertz CT molecular complexity index is 618. The number of carbonyl (C=O) groups excluding carboxylic acids is 1. The maximum absolute atomic E-state index is 11.8. The van der Waals surface area contributed by atoms with Gasteiger partial charge in [-0.1, -0.05) is 11.8 Å². The van der Waals surface area contributed by atoms with Crippen LogP contribution in [0, 0.1) is 0 Å². The summed E-state index contributed by atoms with van der Waals surface area (Å²) in [6.45, 7) is 5.87. The monoisotopic (exact) mass is 305 g/mol. The topological polar surface area (TPSA) is 72.7 Å². The van der Waals surface area contributed by atoms with Crippen molar-refractivity contribution >= 4 is 17.7 Å². The van der Waals surface area contributed by atoms with Crippen molar-refractivity contribution in [3.8, 4) is 11.4 Å². The minimum Gasteiger partial charge on any atom is -0.351 e. The van der Waals surface area contributed by atoms with Gasteiger partial charge in [-0.2, -0.15) is 0 Å². The van der Waals surface area contributed by atoms with Gasteiger partial charge in [0.15, 0.2) is 11.0 Å². The Kier molecular flexibility index (Phi) is 4.62. The first-order valence-electron chi connectivity index (χ1n) is 6.60. The lowest BCUT2D eigenvalue weighted by Crippen LogP contribution is -2.41. The summed E-state index contributed by atoms with van der Waals surface area (Å²) in [5.74, 6) is 1.07. The highest BCUT2D eigenvalue weighted by molar-refractivity contribution is 7.99. The summed E-state index contributed by atoms with van der Waals surface area (Å²) in [5, 5.41) is 11.9. The van der Waals surface area contributed by atoms with E-state index in [1.165, 1.54) is 11.8 Å². The van der Waals surface area contributed by atoms with Crippen LogP contribution in [-0.4, -0.2) is 36.9 Å². The third kappa shape index (κ3) is 4.29. The van der Waals surface area contributed by atoms with Crippen molar-refractivity contribution in [2.24, 2.45) is 7.05 Å².